The SMILES string of the molecule is Nc1c(Nc2ccc(OC(F)(F)F)cc2)ncnc1Nc1cc(Cl)cc(Cl)c1. The van der Waals surface area contributed by atoms with Gasteiger partial charge >= 0.3 is 6.36 Å². The second kappa shape index (κ2) is 7.99. The van der Waals surface area contributed by atoms with Crippen molar-refractivity contribution in [2.75, 3.05) is 16.4 Å². The highest BCUT2D eigenvalue weighted by atomic mass is 35.5. The van der Waals surface area contributed by atoms with Crippen LogP contribution in [0.3, 0.4) is 0 Å². The summed E-state index contributed by atoms with van der Waals surface area (Å²) < 4.78 is 40.5. The number of hydrogen-bond donors (Lipinski definition) is 3. The van der Waals surface area contributed by atoms with Crippen molar-refractivity contribution in [3.05, 3.63) is 58.8 Å². The summed E-state index contributed by atoms with van der Waals surface area (Å²) in [5, 5.41) is 6.76. The van der Waals surface area contributed by atoms with Crippen molar-refractivity contribution >= 4 is 51.9 Å². The minimum Gasteiger partial charge on any atom is -0.406 e. The average Bonchev–Trinajstić information content (AvgIpc) is 2.58. The van der Waals surface area contributed by atoms with Gasteiger partial charge in [0.25, 0.3) is 0 Å². The molecule has 3 rings (SSSR count). The maximum Gasteiger partial charge on any atom is 0.573 e. The molecule has 0 unspecified atom stereocenters. The number of halogens is 5. The minimum absolute atomic E-state index is 0.189. The van der Waals surface area contributed by atoms with E-state index in [0.29, 0.717) is 27.2 Å². The van der Waals surface area contributed by atoms with Crippen molar-refractivity contribution < 1.29 is 17.9 Å². The predicted molar refractivity (Wildman–Crippen MR) is 103 cm³/mol. The molecule has 11 heteroatoms. The average molecular weight is 430 g/mol. The lowest BCUT2D eigenvalue weighted by atomic mass is 10.3. The quantitative estimate of drug-likeness (QED) is 0.478. The smallest absolute Gasteiger partial charge is 0.406 e. The summed E-state index contributed by atoms with van der Waals surface area (Å²) in [4.78, 5) is 8.11. The third kappa shape index (κ3) is 5.30. The second-order valence-corrected chi connectivity index (χ2v) is 6.34. The number of benzene rings is 2. The number of nitrogens with zero attached hydrogens (tertiary/aromatic N) is 2. The van der Waals surface area contributed by atoms with E-state index in [1.54, 1.807) is 18.2 Å². The Morgan fingerprint density at radius 2 is 1.39 bits per heavy atom. The summed E-state index contributed by atoms with van der Waals surface area (Å²) >= 11 is 11.9. The summed E-state index contributed by atoms with van der Waals surface area (Å²) in [5.74, 6) is 0.219. The van der Waals surface area contributed by atoms with E-state index in [0.717, 1.165) is 0 Å². The Morgan fingerprint density at radius 3 is 1.93 bits per heavy atom. The molecular formula is C17H12Cl2F3N5O. The van der Waals surface area contributed by atoms with E-state index in [-0.39, 0.29) is 17.3 Å². The summed E-state index contributed by atoms with van der Waals surface area (Å²) in [6.45, 7) is 0. The number of alkyl halides is 3. The van der Waals surface area contributed by atoms with Crippen LogP contribution >= 0.6 is 23.2 Å². The zero-order valence-electron chi connectivity index (χ0n) is 13.9. The van der Waals surface area contributed by atoms with Crippen LogP contribution in [0.25, 0.3) is 0 Å². The Hall–Kier alpha value is -2.91. The van der Waals surface area contributed by atoms with Gasteiger partial charge in [0.2, 0.25) is 0 Å². The Balaban J connectivity index is 1.77. The van der Waals surface area contributed by atoms with Crippen molar-refractivity contribution in [2.45, 2.75) is 6.36 Å². The lowest BCUT2D eigenvalue weighted by Gasteiger charge is -2.13. The van der Waals surface area contributed by atoms with E-state index in [9.17, 15) is 13.2 Å². The number of hydrogen-bond acceptors (Lipinski definition) is 6. The zero-order chi connectivity index (χ0) is 20.3. The van der Waals surface area contributed by atoms with Crippen LogP contribution in [0.1, 0.15) is 0 Å². The van der Waals surface area contributed by atoms with Crippen LogP contribution in [-0.2, 0) is 0 Å². The first-order valence-corrected chi connectivity index (χ1v) is 8.41. The van der Waals surface area contributed by atoms with Crippen LogP contribution in [0, 0.1) is 0 Å². The van der Waals surface area contributed by atoms with E-state index < -0.39 is 6.36 Å². The molecule has 0 spiro atoms. The third-order valence-electron chi connectivity index (χ3n) is 3.36. The molecule has 2 aromatic carbocycles. The van der Waals surface area contributed by atoms with Crippen molar-refractivity contribution in [1.82, 2.24) is 9.97 Å². The van der Waals surface area contributed by atoms with E-state index in [1.807, 2.05) is 0 Å². The largest absolute Gasteiger partial charge is 0.573 e. The second-order valence-electron chi connectivity index (χ2n) is 5.46. The van der Waals surface area contributed by atoms with Crippen LogP contribution in [0.5, 0.6) is 5.75 Å². The van der Waals surface area contributed by atoms with Crippen molar-refractivity contribution in [3.63, 3.8) is 0 Å². The number of aromatic nitrogens is 2. The fourth-order valence-electron chi connectivity index (χ4n) is 2.23. The highest BCUT2D eigenvalue weighted by Crippen LogP contribution is 2.31. The number of ether oxygens (including phenoxy) is 1. The number of anilines is 5. The predicted octanol–water partition coefficient (Wildman–Crippen LogP) is 5.75. The molecule has 28 heavy (non-hydrogen) atoms. The molecule has 4 N–H and O–H groups in total. The summed E-state index contributed by atoms with van der Waals surface area (Å²) in [6, 6.07) is 9.99. The lowest BCUT2D eigenvalue weighted by Crippen LogP contribution is -2.17. The number of nitrogens with two attached hydrogens (primary N) is 1. The Morgan fingerprint density at radius 1 is 0.857 bits per heavy atom. The van der Waals surface area contributed by atoms with Crippen molar-refractivity contribution in [1.29, 1.82) is 0 Å². The molecule has 0 aliphatic heterocycles. The van der Waals surface area contributed by atoms with Crippen LogP contribution in [-0.4, -0.2) is 16.3 Å². The van der Waals surface area contributed by atoms with Crippen molar-refractivity contribution in [2.24, 2.45) is 0 Å². The van der Waals surface area contributed by atoms with Gasteiger partial charge in [-0.15, -0.1) is 13.2 Å². The first kappa shape index (κ1) is 19.8. The Labute approximate surface area is 167 Å². The van der Waals surface area contributed by atoms with Gasteiger partial charge in [-0.05, 0) is 42.5 Å². The van der Waals surface area contributed by atoms with Gasteiger partial charge in [0.1, 0.15) is 17.8 Å². The molecule has 0 saturated heterocycles. The van der Waals surface area contributed by atoms with Gasteiger partial charge in [0, 0.05) is 21.4 Å². The maximum atomic E-state index is 12.2. The van der Waals surface area contributed by atoms with E-state index in [1.165, 1.54) is 30.6 Å². The molecule has 0 fully saturated rings. The molecule has 0 bridgehead atoms. The molecule has 6 nitrogen and oxygen atoms in total. The minimum atomic E-state index is -4.75. The highest BCUT2D eigenvalue weighted by molar-refractivity contribution is 6.35. The zero-order valence-corrected chi connectivity index (χ0v) is 15.4. The van der Waals surface area contributed by atoms with Gasteiger partial charge in [0.15, 0.2) is 11.6 Å². The molecular weight excluding hydrogens is 418 g/mol. The molecule has 0 aliphatic rings. The number of nitrogens with one attached hydrogen (secondary N) is 2. The standard InChI is InChI=1S/C17H12Cl2F3N5O/c18-9-5-10(19)7-12(6-9)27-16-14(23)15(24-8-25-16)26-11-1-3-13(4-2-11)28-17(20,21)22/h1-8H,23H2,(H2,24,25,26,27). The fraction of sp³-hybridized carbons (Fsp3) is 0.0588. The monoisotopic (exact) mass is 429 g/mol. The molecule has 0 atom stereocenters. The molecule has 0 radical (unpaired) electrons. The molecule has 0 aliphatic carbocycles. The van der Waals surface area contributed by atoms with Gasteiger partial charge in [-0.1, -0.05) is 23.2 Å². The first-order valence-electron chi connectivity index (χ1n) is 7.66. The van der Waals surface area contributed by atoms with E-state index in [2.05, 4.69) is 25.3 Å². The van der Waals surface area contributed by atoms with Gasteiger partial charge in [-0.2, -0.15) is 0 Å². The Bertz CT molecular complexity index is 963. The Kier molecular flexibility index (Phi) is 5.66. The van der Waals surface area contributed by atoms with Gasteiger partial charge in [-0.3, -0.25) is 0 Å². The lowest BCUT2D eigenvalue weighted by molar-refractivity contribution is -0.274. The topological polar surface area (TPSA) is 85.1 Å². The van der Waals surface area contributed by atoms with Crippen LogP contribution in [0.15, 0.2) is 48.8 Å². The molecule has 3 aromatic rings. The highest BCUT2D eigenvalue weighted by Gasteiger charge is 2.30. The molecule has 1 aromatic heterocycles. The van der Waals surface area contributed by atoms with Crippen molar-refractivity contribution in [3.8, 4) is 5.75 Å². The fourth-order valence-corrected chi connectivity index (χ4v) is 2.76. The summed E-state index contributed by atoms with van der Waals surface area (Å²) in [5.41, 5.74) is 7.29. The normalized spacial score (nSPS) is 11.2. The molecule has 1 heterocycles. The van der Waals surface area contributed by atoms with Crippen LogP contribution < -0.4 is 21.1 Å². The van der Waals surface area contributed by atoms with Gasteiger partial charge in [-0.25, -0.2) is 9.97 Å². The first-order chi connectivity index (χ1) is 13.2. The van der Waals surface area contributed by atoms with Crippen LogP contribution in [0.2, 0.25) is 10.0 Å². The van der Waals surface area contributed by atoms with Gasteiger partial charge < -0.3 is 21.1 Å². The van der Waals surface area contributed by atoms with E-state index >= 15 is 0 Å². The summed E-state index contributed by atoms with van der Waals surface area (Å²) in [6.07, 6.45) is -3.48. The van der Waals surface area contributed by atoms with Gasteiger partial charge in [0.05, 0.1) is 0 Å². The molecule has 0 amide bonds. The molecule has 146 valence electrons. The summed E-state index contributed by atoms with van der Waals surface area (Å²) in [7, 11) is 0. The number of rotatable bonds is 5. The van der Waals surface area contributed by atoms with E-state index in [4.69, 9.17) is 28.9 Å². The molecule has 0 saturated carbocycles. The number of nitrogen functional groups attached to an aromatic ring is 1. The third-order valence-corrected chi connectivity index (χ3v) is 3.80. The maximum absolute atomic E-state index is 12.2. The van der Waals surface area contributed by atoms with Crippen LogP contribution in [0.4, 0.5) is 41.9 Å².